The van der Waals surface area contributed by atoms with Gasteiger partial charge in [0.2, 0.25) is 5.91 Å². The second-order valence-corrected chi connectivity index (χ2v) is 6.88. The molecule has 1 amide bonds. The van der Waals surface area contributed by atoms with Gasteiger partial charge in [-0.05, 0) is 23.6 Å². The van der Waals surface area contributed by atoms with Gasteiger partial charge in [0.15, 0.2) is 5.58 Å². The van der Waals surface area contributed by atoms with E-state index >= 15 is 0 Å². The van der Waals surface area contributed by atoms with Crippen LogP contribution in [0, 0.1) is 10.1 Å². The predicted molar refractivity (Wildman–Crippen MR) is 106 cm³/mol. The van der Waals surface area contributed by atoms with Gasteiger partial charge in [-0.2, -0.15) is 0 Å². The number of rotatable bonds is 5. The van der Waals surface area contributed by atoms with Crippen molar-refractivity contribution in [3.8, 4) is 10.4 Å². The highest BCUT2D eigenvalue weighted by atomic mass is 32.1. The zero-order valence-electron chi connectivity index (χ0n) is 14.3. The normalized spacial score (nSPS) is 10.9. The highest BCUT2D eigenvalue weighted by Gasteiger charge is 2.17. The minimum Gasteiger partial charge on any atom is -0.407 e. The van der Waals surface area contributed by atoms with Crippen LogP contribution in [0.15, 0.2) is 69.2 Å². The lowest BCUT2D eigenvalue weighted by Crippen LogP contribution is -2.24. The Labute approximate surface area is 161 Å². The van der Waals surface area contributed by atoms with E-state index in [2.05, 4.69) is 5.32 Å². The molecule has 0 bridgehead atoms. The Morgan fingerprint density at radius 3 is 2.75 bits per heavy atom. The number of carbonyl (C=O) groups is 1. The average Bonchev–Trinajstić information content (AvgIpc) is 3.30. The first-order valence-corrected chi connectivity index (χ1v) is 9.11. The van der Waals surface area contributed by atoms with Gasteiger partial charge in [0, 0.05) is 22.2 Å². The number of hydrogen-bond acceptors (Lipinski definition) is 6. The number of nitrogens with one attached hydrogen (secondary N) is 1. The third kappa shape index (κ3) is 3.30. The third-order valence-electron chi connectivity index (χ3n) is 4.15. The molecule has 2 heterocycles. The van der Waals surface area contributed by atoms with Gasteiger partial charge < -0.3 is 9.73 Å². The smallest absolute Gasteiger partial charge is 0.407 e. The molecule has 9 heteroatoms. The summed E-state index contributed by atoms with van der Waals surface area (Å²) < 4.78 is 6.19. The van der Waals surface area contributed by atoms with Gasteiger partial charge in [0.25, 0.3) is 5.69 Å². The van der Waals surface area contributed by atoms with Crippen molar-refractivity contribution in [3.05, 3.63) is 80.6 Å². The van der Waals surface area contributed by atoms with Gasteiger partial charge in [-0.25, -0.2) is 4.79 Å². The van der Waals surface area contributed by atoms with Crippen molar-refractivity contribution in [2.24, 2.45) is 0 Å². The van der Waals surface area contributed by atoms with Gasteiger partial charge in [-0.15, -0.1) is 11.3 Å². The van der Waals surface area contributed by atoms with Crippen LogP contribution in [0.5, 0.6) is 0 Å². The van der Waals surface area contributed by atoms with Crippen molar-refractivity contribution in [1.29, 1.82) is 0 Å². The highest BCUT2D eigenvalue weighted by Crippen LogP contribution is 2.31. The largest absolute Gasteiger partial charge is 0.420 e. The molecule has 0 radical (unpaired) electrons. The zero-order valence-corrected chi connectivity index (χ0v) is 15.1. The number of nitrogens with zero attached hydrogens (tertiary/aromatic N) is 2. The lowest BCUT2D eigenvalue weighted by atomic mass is 10.1. The van der Waals surface area contributed by atoms with Crippen LogP contribution in [0.3, 0.4) is 0 Å². The maximum absolute atomic E-state index is 12.6. The van der Waals surface area contributed by atoms with Crippen molar-refractivity contribution < 1.29 is 14.1 Å². The quantitative estimate of drug-likeness (QED) is 0.408. The van der Waals surface area contributed by atoms with Crippen LogP contribution in [-0.2, 0) is 11.3 Å². The minimum atomic E-state index is -0.753. The molecular weight excluding hydrogens is 382 g/mol. The van der Waals surface area contributed by atoms with Crippen molar-refractivity contribution in [3.63, 3.8) is 0 Å². The average molecular weight is 395 g/mol. The monoisotopic (exact) mass is 395 g/mol. The second-order valence-electron chi connectivity index (χ2n) is 5.93. The summed E-state index contributed by atoms with van der Waals surface area (Å²) in [5.74, 6) is -1.16. The molecule has 0 spiro atoms. The van der Waals surface area contributed by atoms with E-state index in [9.17, 15) is 19.7 Å². The number of nitro groups is 1. The molecule has 0 atom stereocenters. The standard InChI is InChI=1S/C19H13N3O5S/c23-18(20-14-5-2-1-4-13(14)17-6-3-9-28-17)11-21-15-8-7-12(22(25)26)10-16(15)27-19(21)24/h1-10H,11H2,(H,20,23). The van der Waals surface area contributed by atoms with Gasteiger partial charge in [0.05, 0.1) is 16.5 Å². The minimum absolute atomic E-state index is 0.0611. The van der Waals surface area contributed by atoms with E-state index < -0.39 is 16.6 Å². The highest BCUT2D eigenvalue weighted by molar-refractivity contribution is 7.13. The van der Waals surface area contributed by atoms with E-state index in [4.69, 9.17) is 4.42 Å². The molecule has 28 heavy (non-hydrogen) atoms. The summed E-state index contributed by atoms with van der Waals surface area (Å²) >= 11 is 1.55. The molecular formula is C19H13N3O5S. The molecule has 140 valence electrons. The molecule has 0 unspecified atom stereocenters. The lowest BCUT2D eigenvalue weighted by Gasteiger charge is -2.10. The van der Waals surface area contributed by atoms with Crippen molar-refractivity contribution >= 4 is 39.7 Å². The fourth-order valence-corrected chi connectivity index (χ4v) is 3.66. The Morgan fingerprint density at radius 2 is 2.00 bits per heavy atom. The summed E-state index contributed by atoms with van der Waals surface area (Å²) in [7, 11) is 0. The van der Waals surface area contributed by atoms with Gasteiger partial charge in [-0.1, -0.05) is 24.3 Å². The fourth-order valence-electron chi connectivity index (χ4n) is 2.89. The summed E-state index contributed by atoms with van der Waals surface area (Å²) in [6, 6.07) is 15.1. The van der Waals surface area contributed by atoms with Crippen molar-refractivity contribution in [2.75, 3.05) is 5.32 Å². The number of thiophene rings is 1. The van der Waals surface area contributed by atoms with E-state index in [0.717, 1.165) is 21.1 Å². The Balaban J connectivity index is 1.61. The summed E-state index contributed by atoms with van der Waals surface area (Å²) in [5.41, 5.74) is 1.70. The molecule has 1 N–H and O–H groups in total. The van der Waals surface area contributed by atoms with Crippen LogP contribution in [0.1, 0.15) is 0 Å². The van der Waals surface area contributed by atoms with Crippen LogP contribution >= 0.6 is 11.3 Å². The number of fused-ring (bicyclic) bond motifs is 1. The van der Waals surface area contributed by atoms with E-state index in [1.165, 1.54) is 12.1 Å². The topological polar surface area (TPSA) is 107 Å². The van der Waals surface area contributed by atoms with Crippen LogP contribution in [0.25, 0.3) is 21.5 Å². The first-order chi connectivity index (χ1) is 13.5. The van der Waals surface area contributed by atoms with Crippen LogP contribution in [-0.4, -0.2) is 15.4 Å². The first-order valence-electron chi connectivity index (χ1n) is 8.23. The molecule has 4 aromatic rings. The van der Waals surface area contributed by atoms with E-state index in [0.29, 0.717) is 11.2 Å². The number of carbonyl (C=O) groups excluding carboxylic acids is 1. The maximum Gasteiger partial charge on any atom is 0.420 e. The molecule has 4 rings (SSSR count). The van der Waals surface area contributed by atoms with Gasteiger partial charge >= 0.3 is 5.76 Å². The number of amides is 1. The molecule has 0 saturated heterocycles. The summed E-state index contributed by atoms with van der Waals surface area (Å²) in [5, 5.41) is 15.6. The zero-order chi connectivity index (χ0) is 19.7. The van der Waals surface area contributed by atoms with Crippen LogP contribution in [0.2, 0.25) is 0 Å². The summed E-state index contributed by atoms with van der Waals surface area (Å²) in [6.07, 6.45) is 0. The Kier molecular flexibility index (Phi) is 4.50. The number of para-hydroxylation sites is 1. The summed E-state index contributed by atoms with van der Waals surface area (Å²) in [6.45, 7) is -0.275. The number of hydrogen-bond donors (Lipinski definition) is 1. The Morgan fingerprint density at radius 1 is 1.18 bits per heavy atom. The molecule has 0 saturated carbocycles. The molecule has 0 aliphatic heterocycles. The van der Waals surface area contributed by atoms with E-state index in [1.807, 2.05) is 35.7 Å². The molecule has 0 aliphatic carbocycles. The number of nitro benzene ring substituents is 1. The lowest BCUT2D eigenvalue weighted by molar-refractivity contribution is -0.384. The number of non-ortho nitro benzene ring substituents is 1. The van der Waals surface area contributed by atoms with Crippen molar-refractivity contribution in [1.82, 2.24) is 4.57 Å². The van der Waals surface area contributed by atoms with Crippen molar-refractivity contribution in [2.45, 2.75) is 6.54 Å². The molecule has 2 aromatic carbocycles. The number of benzene rings is 2. The number of oxazole rings is 1. The summed E-state index contributed by atoms with van der Waals surface area (Å²) in [4.78, 5) is 36.0. The Bertz CT molecular complexity index is 1240. The molecule has 0 aliphatic rings. The van der Waals surface area contributed by atoms with Crippen LogP contribution in [0.4, 0.5) is 11.4 Å². The predicted octanol–water partition coefficient (Wildman–Crippen LogP) is 3.87. The maximum atomic E-state index is 12.6. The molecule has 0 fully saturated rings. The fraction of sp³-hybridized carbons (Fsp3) is 0.0526. The molecule has 8 nitrogen and oxygen atoms in total. The SMILES string of the molecule is O=C(Cn1c(=O)oc2cc([N+](=O)[O-])ccc21)Nc1ccccc1-c1cccs1. The number of anilines is 1. The first kappa shape index (κ1) is 17.7. The number of aromatic nitrogens is 1. The van der Waals surface area contributed by atoms with Crippen LogP contribution < -0.4 is 11.1 Å². The van der Waals surface area contributed by atoms with E-state index in [1.54, 1.807) is 17.4 Å². The van der Waals surface area contributed by atoms with Gasteiger partial charge in [-0.3, -0.25) is 19.5 Å². The second kappa shape index (κ2) is 7.12. The molecule has 2 aromatic heterocycles. The third-order valence-corrected chi connectivity index (χ3v) is 5.06. The van der Waals surface area contributed by atoms with Gasteiger partial charge in [0.1, 0.15) is 6.54 Å². The van der Waals surface area contributed by atoms with E-state index in [-0.39, 0.29) is 17.8 Å². The Hall–Kier alpha value is -3.72.